The zero-order valence-electron chi connectivity index (χ0n) is 18.3. The van der Waals surface area contributed by atoms with Gasteiger partial charge in [0.05, 0.1) is 12.2 Å². The molecule has 0 spiro atoms. The Bertz CT molecular complexity index is 509. The number of carbonyl (C=O) groups is 1. The van der Waals surface area contributed by atoms with Crippen molar-refractivity contribution in [3.8, 4) is 0 Å². The molecule has 0 aliphatic carbocycles. The quantitative estimate of drug-likeness (QED) is 0.338. The Labute approximate surface area is 167 Å². The van der Waals surface area contributed by atoms with Gasteiger partial charge >= 0.3 is 5.97 Å². The summed E-state index contributed by atoms with van der Waals surface area (Å²) in [4.78, 5) is 12.0. The topological polar surface area (TPSA) is 48.1 Å². The molecule has 4 atom stereocenters. The van der Waals surface area contributed by atoms with Crippen molar-refractivity contribution in [2.75, 3.05) is 0 Å². The average molecular weight is 397 g/mol. The molecule has 2 aliphatic heterocycles. The Morgan fingerprint density at radius 2 is 1.63 bits per heavy atom. The minimum absolute atomic E-state index is 0.0133. The van der Waals surface area contributed by atoms with Gasteiger partial charge in [-0.2, -0.15) is 0 Å². The van der Waals surface area contributed by atoms with Crippen LogP contribution in [0.4, 0.5) is 0 Å². The largest absolute Gasteiger partial charge is 0.460 e. The maximum Gasteiger partial charge on any atom is 0.330 e. The summed E-state index contributed by atoms with van der Waals surface area (Å²) < 4.78 is 18.1. The van der Waals surface area contributed by atoms with Gasteiger partial charge in [-0.05, 0) is 50.4 Å². The maximum atomic E-state index is 12.0. The van der Waals surface area contributed by atoms with Crippen LogP contribution in [0.1, 0.15) is 79.1 Å². The van der Waals surface area contributed by atoms with Crippen molar-refractivity contribution in [1.29, 1.82) is 0 Å². The van der Waals surface area contributed by atoms with Crippen molar-refractivity contribution >= 4 is 14.3 Å². The fourth-order valence-electron chi connectivity index (χ4n) is 3.39. The number of rotatable bonds is 2. The molecule has 2 aliphatic rings. The number of esters is 1. The highest BCUT2D eigenvalue weighted by Crippen LogP contribution is 2.41. The molecule has 0 unspecified atom stereocenters. The summed E-state index contributed by atoms with van der Waals surface area (Å²) in [6.07, 6.45) is 12.9. The molecule has 156 valence electrons. The number of cyclic esters (lactones) is 1. The molecule has 27 heavy (non-hydrogen) atoms. The van der Waals surface area contributed by atoms with Crippen LogP contribution in [0, 0.1) is 0 Å². The lowest BCUT2D eigenvalue weighted by Crippen LogP contribution is -2.45. The third kappa shape index (κ3) is 7.35. The molecular formula is C22H40O4Si. The molecule has 4 nitrogen and oxygen atoms in total. The number of epoxide rings is 1. The van der Waals surface area contributed by atoms with E-state index < -0.39 is 8.32 Å². The van der Waals surface area contributed by atoms with E-state index in [-0.39, 0.29) is 35.4 Å². The fourth-order valence-corrected chi connectivity index (χ4v) is 4.75. The Morgan fingerprint density at radius 3 is 2.26 bits per heavy atom. The van der Waals surface area contributed by atoms with Gasteiger partial charge in [0.25, 0.3) is 0 Å². The van der Waals surface area contributed by atoms with Crippen LogP contribution in [0.25, 0.3) is 0 Å². The van der Waals surface area contributed by atoms with Gasteiger partial charge in [-0.15, -0.1) is 0 Å². The van der Waals surface area contributed by atoms with Crippen molar-refractivity contribution in [2.24, 2.45) is 0 Å². The van der Waals surface area contributed by atoms with Crippen LogP contribution in [-0.4, -0.2) is 38.7 Å². The average Bonchev–Trinajstić information content (AvgIpc) is 3.31. The van der Waals surface area contributed by atoms with E-state index in [4.69, 9.17) is 13.9 Å². The number of hydrogen-bond acceptors (Lipinski definition) is 4. The Hall–Kier alpha value is -0.653. The van der Waals surface area contributed by atoms with Gasteiger partial charge in [0.2, 0.25) is 0 Å². The molecule has 2 heterocycles. The highest BCUT2D eigenvalue weighted by molar-refractivity contribution is 6.74. The minimum atomic E-state index is -1.85. The standard InChI is InChI=1S/C22H40O4Si/c1-17-13-11-9-7-8-10-12-14-19(26-27(5,6)22(2,3)4)21-18(25-21)15-16-20(23)24-17/h15-19,21H,7-14H2,1-6H3/b16-15-/t17-,18-,19+,21+/m1/s1. The molecule has 0 bridgehead atoms. The summed E-state index contributed by atoms with van der Waals surface area (Å²) in [7, 11) is -1.85. The normalized spacial score (nSPS) is 33.0. The van der Waals surface area contributed by atoms with Crippen LogP contribution >= 0.6 is 0 Å². The molecule has 0 radical (unpaired) electrons. The SMILES string of the molecule is C[C@@H]1CCCCCCCC[C@H](O[Si](C)(C)C(C)(C)C)[C@H]2O[C@@H]2/C=C\C(=O)O1. The second-order valence-electron chi connectivity index (χ2n) is 9.79. The van der Waals surface area contributed by atoms with Crippen LogP contribution in [0.2, 0.25) is 18.1 Å². The summed E-state index contributed by atoms with van der Waals surface area (Å²) in [5.74, 6) is -0.259. The van der Waals surface area contributed by atoms with Crippen molar-refractivity contribution in [3.05, 3.63) is 12.2 Å². The van der Waals surface area contributed by atoms with E-state index in [0.29, 0.717) is 0 Å². The highest BCUT2D eigenvalue weighted by Gasteiger charge is 2.48. The van der Waals surface area contributed by atoms with E-state index >= 15 is 0 Å². The van der Waals surface area contributed by atoms with Crippen molar-refractivity contribution in [1.82, 2.24) is 0 Å². The van der Waals surface area contributed by atoms with E-state index in [2.05, 4.69) is 33.9 Å². The smallest absolute Gasteiger partial charge is 0.330 e. The Balaban J connectivity index is 2.02. The van der Waals surface area contributed by atoms with Gasteiger partial charge in [-0.25, -0.2) is 4.79 Å². The molecule has 2 rings (SSSR count). The molecule has 1 saturated heterocycles. The predicted molar refractivity (Wildman–Crippen MR) is 112 cm³/mol. The van der Waals surface area contributed by atoms with Gasteiger partial charge in [-0.1, -0.05) is 52.9 Å². The van der Waals surface area contributed by atoms with Crippen LogP contribution in [0.3, 0.4) is 0 Å². The minimum Gasteiger partial charge on any atom is -0.460 e. The van der Waals surface area contributed by atoms with E-state index in [1.54, 1.807) is 0 Å². The lowest BCUT2D eigenvalue weighted by molar-refractivity contribution is -0.142. The second-order valence-corrected chi connectivity index (χ2v) is 14.5. The lowest BCUT2D eigenvalue weighted by Gasteiger charge is -2.39. The van der Waals surface area contributed by atoms with Crippen LogP contribution in [-0.2, 0) is 18.7 Å². The number of ether oxygens (including phenoxy) is 2. The molecule has 0 amide bonds. The van der Waals surface area contributed by atoms with Crippen molar-refractivity contribution in [3.63, 3.8) is 0 Å². The first-order valence-corrected chi connectivity index (χ1v) is 13.7. The van der Waals surface area contributed by atoms with E-state index in [1.165, 1.54) is 38.2 Å². The molecule has 0 N–H and O–H groups in total. The van der Waals surface area contributed by atoms with Gasteiger partial charge in [0.1, 0.15) is 12.2 Å². The monoisotopic (exact) mass is 396 g/mol. The van der Waals surface area contributed by atoms with Crippen LogP contribution < -0.4 is 0 Å². The first-order valence-electron chi connectivity index (χ1n) is 10.8. The predicted octanol–water partition coefficient (Wildman–Crippen LogP) is 5.77. The molecular weight excluding hydrogens is 356 g/mol. The van der Waals surface area contributed by atoms with E-state index in [0.717, 1.165) is 19.3 Å². The second kappa shape index (κ2) is 9.70. The third-order valence-electron chi connectivity index (χ3n) is 6.27. The summed E-state index contributed by atoms with van der Waals surface area (Å²) in [6.45, 7) is 13.4. The number of fused-ring (bicyclic) bond motifs is 1. The van der Waals surface area contributed by atoms with Crippen molar-refractivity contribution < 1.29 is 18.7 Å². The molecule has 0 aromatic carbocycles. The maximum absolute atomic E-state index is 12.0. The molecule has 0 aromatic heterocycles. The van der Waals surface area contributed by atoms with Gasteiger partial charge < -0.3 is 13.9 Å². The summed E-state index contributed by atoms with van der Waals surface area (Å²) in [5, 5.41) is 0.183. The number of carbonyl (C=O) groups excluding carboxylic acids is 1. The Morgan fingerprint density at radius 1 is 1.04 bits per heavy atom. The van der Waals surface area contributed by atoms with Gasteiger partial charge in [0.15, 0.2) is 8.32 Å². The summed E-state index contributed by atoms with van der Waals surface area (Å²) in [5.41, 5.74) is 0. The first kappa shape index (κ1) is 22.6. The van der Waals surface area contributed by atoms with Crippen molar-refractivity contribution in [2.45, 2.75) is 122 Å². The van der Waals surface area contributed by atoms with Crippen LogP contribution in [0.5, 0.6) is 0 Å². The highest BCUT2D eigenvalue weighted by atomic mass is 28.4. The summed E-state index contributed by atoms with van der Waals surface area (Å²) >= 11 is 0. The molecule has 1 fully saturated rings. The lowest BCUT2D eigenvalue weighted by atomic mass is 10.0. The fraction of sp³-hybridized carbons (Fsp3) is 0.864. The van der Waals surface area contributed by atoms with E-state index in [1.807, 2.05) is 13.0 Å². The Kier molecular flexibility index (Phi) is 8.14. The van der Waals surface area contributed by atoms with Gasteiger partial charge in [0, 0.05) is 6.08 Å². The molecule has 5 heteroatoms. The first-order chi connectivity index (χ1) is 12.6. The summed E-state index contributed by atoms with van der Waals surface area (Å²) in [6, 6.07) is 0. The zero-order chi connectivity index (χ0) is 20.1. The van der Waals surface area contributed by atoms with E-state index in [9.17, 15) is 4.79 Å². The zero-order valence-corrected chi connectivity index (χ0v) is 19.3. The number of hydrogen-bond donors (Lipinski definition) is 0. The molecule has 0 aromatic rings. The molecule has 0 saturated carbocycles. The van der Waals surface area contributed by atoms with Crippen LogP contribution in [0.15, 0.2) is 12.2 Å². The van der Waals surface area contributed by atoms with Gasteiger partial charge in [-0.3, -0.25) is 0 Å². The third-order valence-corrected chi connectivity index (χ3v) is 10.8.